The molecule has 1 aromatic carbocycles. The van der Waals surface area contributed by atoms with Crippen molar-refractivity contribution in [3.63, 3.8) is 0 Å². The maximum absolute atomic E-state index is 11.2. The van der Waals surface area contributed by atoms with Crippen LogP contribution in [0.5, 0.6) is 0 Å². The van der Waals surface area contributed by atoms with Crippen LogP contribution < -0.4 is 29.6 Å². The number of hydrogen-bond acceptors (Lipinski definition) is 5. The van der Waals surface area contributed by atoms with Gasteiger partial charge in [-0.25, -0.2) is 13.2 Å². The minimum Gasteiger partial charge on any atom is -0.748 e. The molecule has 0 aromatic heterocycles. The second-order valence-electron chi connectivity index (χ2n) is 2.85. The van der Waals surface area contributed by atoms with Crippen LogP contribution in [-0.2, 0) is 20.6 Å². The van der Waals surface area contributed by atoms with Crippen molar-refractivity contribution in [2.75, 3.05) is 7.11 Å². The molecule has 0 saturated heterocycles. The summed E-state index contributed by atoms with van der Waals surface area (Å²) in [5, 5.41) is 0. The molecule has 0 bridgehead atoms. The van der Waals surface area contributed by atoms with E-state index in [9.17, 15) is 17.8 Å². The van der Waals surface area contributed by atoms with Crippen molar-refractivity contribution in [3.05, 3.63) is 35.4 Å². The molecule has 0 heterocycles. The second kappa shape index (κ2) is 6.36. The van der Waals surface area contributed by atoms with Gasteiger partial charge < -0.3 is 9.29 Å². The molecule has 0 atom stereocenters. The van der Waals surface area contributed by atoms with Crippen molar-refractivity contribution >= 4 is 16.1 Å². The fraction of sp³-hybridized carbons (Fsp3) is 0.222. The van der Waals surface area contributed by atoms with Crippen molar-refractivity contribution in [1.29, 1.82) is 0 Å². The summed E-state index contributed by atoms with van der Waals surface area (Å²) in [4.78, 5) is 11.2. The fourth-order valence-electron chi connectivity index (χ4n) is 1.15. The van der Waals surface area contributed by atoms with Crippen molar-refractivity contribution < 1.29 is 52.1 Å². The number of carbonyl (C=O) groups is 1. The monoisotopic (exact) mass is 252 g/mol. The molecule has 0 amide bonds. The van der Waals surface area contributed by atoms with Gasteiger partial charge in [0.05, 0.1) is 28.5 Å². The SMILES string of the molecule is COC(=O)c1ccccc1CS(=O)(=O)[O-].[Na+]. The molecular formula is C9H9NaO5S. The Morgan fingerprint density at radius 2 is 1.94 bits per heavy atom. The van der Waals surface area contributed by atoms with Gasteiger partial charge in [-0.05, 0) is 11.6 Å². The zero-order valence-electron chi connectivity index (χ0n) is 8.97. The molecule has 0 radical (unpaired) electrons. The number of ether oxygens (including phenoxy) is 1. The van der Waals surface area contributed by atoms with E-state index in [1.165, 1.54) is 19.2 Å². The Labute approximate surface area is 116 Å². The van der Waals surface area contributed by atoms with E-state index in [1.54, 1.807) is 12.1 Å². The summed E-state index contributed by atoms with van der Waals surface area (Å²) in [6.45, 7) is 0. The molecule has 1 rings (SSSR count). The van der Waals surface area contributed by atoms with Gasteiger partial charge in [-0.15, -0.1) is 0 Å². The molecule has 0 aliphatic carbocycles. The predicted octanol–water partition coefficient (Wildman–Crippen LogP) is -2.48. The first-order valence-corrected chi connectivity index (χ1v) is 5.61. The molecule has 0 fully saturated rings. The number of hydrogen-bond donors (Lipinski definition) is 0. The van der Waals surface area contributed by atoms with Crippen LogP contribution in [-0.4, -0.2) is 26.0 Å². The van der Waals surface area contributed by atoms with E-state index in [4.69, 9.17) is 0 Å². The Balaban J connectivity index is 0.00000225. The van der Waals surface area contributed by atoms with E-state index in [0.717, 1.165) is 0 Å². The Morgan fingerprint density at radius 1 is 1.38 bits per heavy atom. The van der Waals surface area contributed by atoms with Crippen LogP contribution in [0, 0.1) is 0 Å². The topological polar surface area (TPSA) is 83.5 Å². The third-order valence-electron chi connectivity index (χ3n) is 1.75. The minimum atomic E-state index is -4.40. The minimum absolute atomic E-state index is 0. The summed E-state index contributed by atoms with van der Waals surface area (Å²) >= 11 is 0. The summed E-state index contributed by atoms with van der Waals surface area (Å²) < 4.78 is 36.1. The van der Waals surface area contributed by atoms with Crippen molar-refractivity contribution in [2.45, 2.75) is 5.75 Å². The van der Waals surface area contributed by atoms with Crippen LogP contribution in [0.2, 0.25) is 0 Å². The van der Waals surface area contributed by atoms with Gasteiger partial charge in [-0.2, -0.15) is 0 Å². The molecule has 0 N–H and O–H groups in total. The van der Waals surface area contributed by atoms with Gasteiger partial charge in [0.25, 0.3) is 0 Å². The molecule has 5 nitrogen and oxygen atoms in total. The molecule has 0 saturated carbocycles. The maximum Gasteiger partial charge on any atom is 1.00 e. The van der Waals surface area contributed by atoms with Crippen molar-refractivity contribution in [2.24, 2.45) is 0 Å². The summed E-state index contributed by atoms with van der Waals surface area (Å²) in [5.74, 6) is -1.37. The van der Waals surface area contributed by atoms with E-state index in [1.807, 2.05) is 0 Å². The molecule has 16 heavy (non-hydrogen) atoms. The van der Waals surface area contributed by atoms with E-state index in [0.29, 0.717) is 0 Å². The number of carbonyl (C=O) groups excluding carboxylic acids is 1. The molecule has 0 aliphatic heterocycles. The third-order valence-corrected chi connectivity index (χ3v) is 2.42. The standard InChI is InChI=1S/C9H10O5S.Na/c1-14-9(10)8-5-3-2-4-7(8)6-15(11,12)13;/h2-5H,6H2,1H3,(H,11,12,13);/q;+1/p-1. The van der Waals surface area contributed by atoms with E-state index in [-0.39, 0.29) is 40.7 Å². The maximum atomic E-state index is 11.2. The quantitative estimate of drug-likeness (QED) is 0.338. The third kappa shape index (κ3) is 4.63. The number of esters is 1. The summed E-state index contributed by atoms with van der Waals surface area (Å²) in [6, 6.07) is 5.92. The van der Waals surface area contributed by atoms with Gasteiger partial charge in [-0.3, -0.25) is 0 Å². The van der Waals surface area contributed by atoms with Crippen LogP contribution in [0.15, 0.2) is 24.3 Å². The smallest absolute Gasteiger partial charge is 0.748 e. The zero-order valence-corrected chi connectivity index (χ0v) is 11.8. The van der Waals surface area contributed by atoms with E-state index in [2.05, 4.69) is 4.74 Å². The molecule has 0 spiro atoms. The summed E-state index contributed by atoms with van der Waals surface area (Å²) in [7, 11) is -3.21. The molecule has 0 unspecified atom stereocenters. The van der Waals surface area contributed by atoms with Gasteiger partial charge >= 0.3 is 35.5 Å². The summed E-state index contributed by atoms with van der Waals surface area (Å²) in [6.07, 6.45) is 0. The second-order valence-corrected chi connectivity index (χ2v) is 4.25. The number of rotatable bonds is 3. The van der Waals surface area contributed by atoms with Crippen LogP contribution in [0.4, 0.5) is 0 Å². The van der Waals surface area contributed by atoms with Crippen molar-refractivity contribution in [1.82, 2.24) is 0 Å². The van der Waals surface area contributed by atoms with Crippen LogP contribution in [0.25, 0.3) is 0 Å². The molecule has 82 valence electrons. The Kier molecular flexibility index (Phi) is 6.20. The molecule has 1 aromatic rings. The normalized spacial score (nSPS) is 10.4. The number of benzene rings is 1. The van der Waals surface area contributed by atoms with E-state index < -0.39 is 21.8 Å². The first-order chi connectivity index (χ1) is 6.94. The van der Waals surface area contributed by atoms with Crippen LogP contribution in [0.1, 0.15) is 15.9 Å². The largest absolute Gasteiger partial charge is 1.00 e. The zero-order chi connectivity index (χ0) is 11.5. The van der Waals surface area contributed by atoms with Gasteiger partial charge in [0.2, 0.25) is 0 Å². The molecule has 0 aliphatic rings. The Morgan fingerprint density at radius 3 is 2.44 bits per heavy atom. The molecular weight excluding hydrogens is 243 g/mol. The first-order valence-electron chi connectivity index (χ1n) is 4.04. The Bertz CT molecular complexity index is 469. The van der Waals surface area contributed by atoms with Crippen LogP contribution >= 0.6 is 0 Å². The summed E-state index contributed by atoms with van der Waals surface area (Å²) in [5.41, 5.74) is 0.249. The average molecular weight is 252 g/mol. The van der Waals surface area contributed by atoms with Gasteiger partial charge in [0.15, 0.2) is 0 Å². The molecule has 7 heteroatoms. The predicted molar refractivity (Wildman–Crippen MR) is 51.2 cm³/mol. The van der Waals surface area contributed by atoms with Crippen LogP contribution in [0.3, 0.4) is 0 Å². The fourth-order valence-corrected chi connectivity index (χ4v) is 1.78. The van der Waals surface area contributed by atoms with Gasteiger partial charge in [0.1, 0.15) is 0 Å². The Hall–Kier alpha value is -0.400. The van der Waals surface area contributed by atoms with Gasteiger partial charge in [-0.1, -0.05) is 18.2 Å². The first kappa shape index (κ1) is 15.6. The van der Waals surface area contributed by atoms with Crippen molar-refractivity contribution in [3.8, 4) is 0 Å². The van der Waals surface area contributed by atoms with E-state index >= 15 is 0 Å². The van der Waals surface area contributed by atoms with Gasteiger partial charge in [0, 0.05) is 0 Å². The number of methoxy groups -OCH3 is 1. The average Bonchev–Trinajstić information content (AvgIpc) is 2.15.